The SMILES string of the molecule is CCOC1CCN(C(=NC)NCc2ccc(COCc3ccccc3)cc2)CC1.I. The lowest BCUT2D eigenvalue weighted by atomic mass is 10.1. The topological polar surface area (TPSA) is 46.1 Å². The highest BCUT2D eigenvalue weighted by Gasteiger charge is 2.21. The van der Waals surface area contributed by atoms with Gasteiger partial charge in [-0.05, 0) is 36.5 Å². The first kappa shape index (κ1) is 24.6. The van der Waals surface area contributed by atoms with E-state index in [4.69, 9.17) is 9.47 Å². The van der Waals surface area contributed by atoms with Gasteiger partial charge in [-0.25, -0.2) is 0 Å². The normalized spacial score (nSPS) is 15.0. The molecule has 164 valence electrons. The molecule has 0 unspecified atom stereocenters. The Hall–Kier alpha value is -1.64. The second-order valence-corrected chi connectivity index (χ2v) is 7.34. The number of aliphatic imine (C=N–C) groups is 1. The Bertz CT molecular complexity index is 745. The Balaban J connectivity index is 0.00000320. The largest absolute Gasteiger partial charge is 0.378 e. The third-order valence-corrected chi connectivity index (χ3v) is 5.21. The van der Waals surface area contributed by atoms with Gasteiger partial charge in [-0.3, -0.25) is 4.99 Å². The summed E-state index contributed by atoms with van der Waals surface area (Å²) in [5.74, 6) is 0.968. The van der Waals surface area contributed by atoms with E-state index in [1.807, 2.05) is 25.2 Å². The first-order chi connectivity index (χ1) is 14.3. The number of likely N-dealkylation sites (tertiary alicyclic amines) is 1. The van der Waals surface area contributed by atoms with Gasteiger partial charge in [-0.1, -0.05) is 54.6 Å². The van der Waals surface area contributed by atoms with Gasteiger partial charge in [0.05, 0.1) is 19.3 Å². The van der Waals surface area contributed by atoms with Crippen LogP contribution in [0.4, 0.5) is 0 Å². The maximum Gasteiger partial charge on any atom is 0.193 e. The zero-order chi connectivity index (χ0) is 20.3. The molecule has 30 heavy (non-hydrogen) atoms. The molecule has 1 N–H and O–H groups in total. The van der Waals surface area contributed by atoms with Gasteiger partial charge in [0.25, 0.3) is 0 Å². The highest BCUT2D eigenvalue weighted by atomic mass is 127. The minimum Gasteiger partial charge on any atom is -0.378 e. The lowest BCUT2D eigenvalue weighted by Gasteiger charge is -2.34. The molecule has 6 heteroatoms. The van der Waals surface area contributed by atoms with Crippen molar-refractivity contribution in [1.29, 1.82) is 0 Å². The molecule has 1 aliphatic rings. The molecule has 0 spiro atoms. The second kappa shape index (κ2) is 13.6. The fourth-order valence-electron chi connectivity index (χ4n) is 3.60. The van der Waals surface area contributed by atoms with E-state index in [9.17, 15) is 0 Å². The van der Waals surface area contributed by atoms with E-state index in [1.54, 1.807) is 0 Å². The molecule has 1 heterocycles. The average Bonchev–Trinajstić information content (AvgIpc) is 2.77. The summed E-state index contributed by atoms with van der Waals surface area (Å²) in [6.07, 6.45) is 2.52. The third kappa shape index (κ3) is 7.89. The maximum atomic E-state index is 5.81. The Morgan fingerprint density at radius 2 is 1.57 bits per heavy atom. The number of ether oxygens (including phenoxy) is 2. The Morgan fingerprint density at radius 1 is 0.967 bits per heavy atom. The Kier molecular flexibility index (Phi) is 11.2. The van der Waals surface area contributed by atoms with Crippen LogP contribution < -0.4 is 5.32 Å². The Labute approximate surface area is 197 Å². The van der Waals surface area contributed by atoms with E-state index < -0.39 is 0 Å². The fraction of sp³-hybridized carbons (Fsp3) is 0.458. The van der Waals surface area contributed by atoms with Gasteiger partial charge in [0.1, 0.15) is 0 Å². The van der Waals surface area contributed by atoms with Crippen LogP contribution in [0, 0.1) is 0 Å². The summed E-state index contributed by atoms with van der Waals surface area (Å²) in [4.78, 5) is 6.78. The van der Waals surface area contributed by atoms with E-state index in [1.165, 1.54) is 16.7 Å². The summed E-state index contributed by atoms with van der Waals surface area (Å²) >= 11 is 0. The van der Waals surface area contributed by atoms with Crippen LogP contribution in [0.3, 0.4) is 0 Å². The first-order valence-corrected chi connectivity index (χ1v) is 10.5. The number of hydrogen-bond acceptors (Lipinski definition) is 3. The van der Waals surface area contributed by atoms with Gasteiger partial charge >= 0.3 is 0 Å². The van der Waals surface area contributed by atoms with E-state index in [0.717, 1.165) is 45.0 Å². The molecule has 0 saturated carbocycles. The van der Waals surface area contributed by atoms with Crippen molar-refractivity contribution in [2.75, 3.05) is 26.7 Å². The van der Waals surface area contributed by atoms with E-state index >= 15 is 0 Å². The zero-order valence-electron chi connectivity index (χ0n) is 18.0. The standard InChI is InChI=1S/C24H33N3O2.HI/c1-3-29-23-13-15-27(16-14-23)24(25-2)26-17-20-9-11-22(12-10-20)19-28-18-21-7-5-4-6-8-21;/h4-12,23H,3,13-19H2,1-2H3,(H,25,26);1H. The molecule has 1 aliphatic heterocycles. The number of nitrogens with zero attached hydrogens (tertiary/aromatic N) is 2. The fourth-order valence-corrected chi connectivity index (χ4v) is 3.60. The van der Waals surface area contributed by atoms with Gasteiger partial charge in [-0.15, -0.1) is 24.0 Å². The highest BCUT2D eigenvalue weighted by Crippen LogP contribution is 2.14. The number of halogens is 1. The smallest absolute Gasteiger partial charge is 0.193 e. The molecule has 0 radical (unpaired) electrons. The van der Waals surface area contributed by atoms with Gasteiger partial charge in [0.2, 0.25) is 0 Å². The number of rotatable bonds is 8. The zero-order valence-corrected chi connectivity index (χ0v) is 20.4. The lowest BCUT2D eigenvalue weighted by Crippen LogP contribution is -2.46. The van der Waals surface area contributed by atoms with E-state index in [-0.39, 0.29) is 24.0 Å². The number of benzene rings is 2. The average molecular weight is 523 g/mol. The van der Waals surface area contributed by atoms with Crippen molar-refractivity contribution in [3.05, 3.63) is 71.3 Å². The summed E-state index contributed by atoms with van der Waals surface area (Å²) in [6, 6.07) is 18.9. The molecular weight excluding hydrogens is 489 g/mol. The predicted octanol–water partition coefficient (Wildman–Crippen LogP) is 4.60. The van der Waals surface area contributed by atoms with Crippen LogP contribution >= 0.6 is 24.0 Å². The first-order valence-electron chi connectivity index (χ1n) is 10.5. The molecule has 0 bridgehead atoms. The van der Waals surface area contributed by atoms with Crippen molar-refractivity contribution >= 4 is 29.9 Å². The summed E-state index contributed by atoms with van der Waals surface area (Å²) in [6.45, 7) is 6.87. The molecule has 5 nitrogen and oxygen atoms in total. The van der Waals surface area contributed by atoms with Crippen molar-refractivity contribution in [3.63, 3.8) is 0 Å². The molecule has 1 fully saturated rings. The van der Waals surface area contributed by atoms with Crippen molar-refractivity contribution in [2.24, 2.45) is 4.99 Å². The molecule has 0 amide bonds. The van der Waals surface area contributed by atoms with E-state index in [0.29, 0.717) is 19.3 Å². The van der Waals surface area contributed by atoms with Crippen LogP contribution in [0.5, 0.6) is 0 Å². The van der Waals surface area contributed by atoms with Gasteiger partial charge in [0.15, 0.2) is 5.96 Å². The van der Waals surface area contributed by atoms with Gasteiger partial charge in [-0.2, -0.15) is 0 Å². The molecule has 0 atom stereocenters. The molecule has 1 saturated heterocycles. The minimum atomic E-state index is 0. The monoisotopic (exact) mass is 523 g/mol. The van der Waals surface area contributed by atoms with Crippen molar-refractivity contribution in [2.45, 2.75) is 45.6 Å². The van der Waals surface area contributed by atoms with Gasteiger partial charge in [0, 0.05) is 33.3 Å². The Morgan fingerprint density at radius 3 is 2.17 bits per heavy atom. The van der Waals surface area contributed by atoms with Crippen LogP contribution in [-0.2, 0) is 29.2 Å². The maximum absolute atomic E-state index is 5.81. The molecule has 3 rings (SSSR count). The molecule has 2 aromatic rings. The second-order valence-electron chi connectivity index (χ2n) is 7.34. The number of hydrogen-bond donors (Lipinski definition) is 1. The summed E-state index contributed by atoms with van der Waals surface area (Å²) in [5.41, 5.74) is 3.62. The summed E-state index contributed by atoms with van der Waals surface area (Å²) in [7, 11) is 1.85. The van der Waals surface area contributed by atoms with Crippen LogP contribution in [0.1, 0.15) is 36.5 Å². The van der Waals surface area contributed by atoms with Crippen LogP contribution in [0.25, 0.3) is 0 Å². The molecular formula is C24H34IN3O2. The highest BCUT2D eigenvalue weighted by molar-refractivity contribution is 14.0. The number of nitrogens with one attached hydrogen (secondary N) is 1. The molecule has 2 aromatic carbocycles. The van der Waals surface area contributed by atoms with Crippen molar-refractivity contribution < 1.29 is 9.47 Å². The summed E-state index contributed by atoms with van der Waals surface area (Å²) in [5, 5.41) is 3.49. The van der Waals surface area contributed by atoms with Gasteiger partial charge < -0.3 is 19.7 Å². The minimum absolute atomic E-state index is 0. The number of piperidine rings is 1. The third-order valence-electron chi connectivity index (χ3n) is 5.21. The molecule has 0 aliphatic carbocycles. The lowest BCUT2D eigenvalue weighted by molar-refractivity contribution is 0.0263. The predicted molar refractivity (Wildman–Crippen MR) is 133 cm³/mol. The van der Waals surface area contributed by atoms with Crippen LogP contribution in [0.2, 0.25) is 0 Å². The van der Waals surface area contributed by atoms with Crippen molar-refractivity contribution in [3.8, 4) is 0 Å². The van der Waals surface area contributed by atoms with E-state index in [2.05, 4.69) is 58.5 Å². The van der Waals surface area contributed by atoms with Crippen LogP contribution in [0.15, 0.2) is 59.6 Å². The van der Waals surface area contributed by atoms with Crippen molar-refractivity contribution in [1.82, 2.24) is 10.2 Å². The van der Waals surface area contributed by atoms with Crippen LogP contribution in [-0.4, -0.2) is 43.7 Å². The number of guanidine groups is 1. The quantitative estimate of drug-likeness (QED) is 0.312. The molecule has 0 aromatic heterocycles. The summed E-state index contributed by atoms with van der Waals surface area (Å²) < 4.78 is 11.6.